The number of fused-ring (bicyclic) bond motifs is 2. The summed E-state index contributed by atoms with van der Waals surface area (Å²) in [6.45, 7) is 1.95. The number of rotatable bonds is 1. The molecule has 0 fully saturated rings. The fraction of sp³-hybridized carbons (Fsp3) is 0.0588. The van der Waals surface area contributed by atoms with E-state index in [0.717, 1.165) is 16.5 Å². The zero-order valence-electron chi connectivity index (χ0n) is 11.4. The van der Waals surface area contributed by atoms with Crippen LogP contribution in [0.4, 0.5) is 0 Å². The quantitative estimate of drug-likeness (QED) is 0.577. The Balaban J connectivity index is 1.98. The van der Waals surface area contributed by atoms with E-state index >= 15 is 0 Å². The van der Waals surface area contributed by atoms with Crippen LogP contribution in [-0.2, 0) is 0 Å². The highest BCUT2D eigenvalue weighted by atomic mass is 16.3. The highest BCUT2D eigenvalue weighted by Gasteiger charge is 2.10. The van der Waals surface area contributed by atoms with Crippen LogP contribution in [0.25, 0.3) is 33.5 Å². The molecule has 0 aliphatic heterocycles. The van der Waals surface area contributed by atoms with Gasteiger partial charge in [-0.05, 0) is 31.2 Å². The fourth-order valence-electron chi connectivity index (χ4n) is 2.47. The third-order valence-corrected chi connectivity index (χ3v) is 3.52. The number of hydrogen-bond donors (Lipinski definition) is 1. The standard InChI is InChI=1S/C17H12N2O2/c1-10-6-7-13-12(8-10)17(20)19-16(18-13)15-9-11-4-2-3-5-14(11)21-15/h2-9H,1H3,(H,18,19,20). The van der Waals surface area contributed by atoms with E-state index in [0.29, 0.717) is 22.5 Å². The van der Waals surface area contributed by atoms with Gasteiger partial charge < -0.3 is 9.40 Å². The number of aromatic amines is 1. The maximum absolute atomic E-state index is 12.2. The monoisotopic (exact) mass is 276 g/mol. The molecule has 4 aromatic rings. The fourth-order valence-corrected chi connectivity index (χ4v) is 2.47. The zero-order valence-corrected chi connectivity index (χ0v) is 11.4. The van der Waals surface area contributed by atoms with Crippen molar-refractivity contribution in [3.8, 4) is 11.6 Å². The minimum Gasteiger partial charge on any atom is -0.453 e. The van der Waals surface area contributed by atoms with E-state index < -0.39 is 0 Å². The maximum Gasteiger partial charge on any atom is 0.259 e. The normalized spacial score (nSPS) is 11.3. The first-order valence-corrected chi connectivity index (χ1v) is 6.70. The number of aryl methyl sites for hydroxylation is 1. The lowest BCUT2D eigenvalue weighted by molar-refractivity contribution is 0.625. The first kappa shape index (κ1) is 11.9. The summed E-state index contributed by atoms with van der Waals surface area (Å²) in [6, 6.07) is 15.2. The van der Waals surface area contributed by atoms with E-state index in [1.807, 2.05) is 55.5 Å². The first-order chi connectivity index (χ1) is 10.2. The third kappa shape index (κ3) is 1.92. The molecule has 0 radical (unpaired) electrons. The van der Waals surface area contributed by atoms with Crippen LogP contribution in [0, 0.1) is 6.92 Å². The van der Waals surface area contributed by atoms with E-state index in [-0.39, 0.29) is 5.56 Å². The number of benzene rings is 2. The second kappa shape index (κ2) is 4.31. The molecular weight excluding hydrogens is 264 g/mol. The van der Waals surface area contributed by atoms with Gasteiger partial charge >= 0.3 is 0 Å². The van der Waals surface area contributed by atoms with Gasteiger partial charge in [-0.1, -0.05) is 29.8 Å². The topological polar surface area (TPSA) is 58.9 Å². The number of furan rings is 1. The summed E-state index contributed by atoms with van der Waals surface area (Å²) < 4.78 is 5.75. The van der Waals surface area contributed by atoms with Crippen molar-refractivity contribution in [1.29, 1.82) is 0 Å². The first-order valence-electron chi connectivity index (χ1n) is 6.70. The van der Waals surface area contributed by atoms with E-state index in [4.69, 9.17) is 4.42 Å². The lowest BCUT2D eigenvalue weighted by atomic mass is 10.1. The lowest BCUT2D eigenvalue weighted by Crippen LogP contribution is -2.09. The Bertz CT molecular complexity index is 995. The molecule has 0 unspecified atom stereocenters. The van der Waals surface area contributed by atoms with Crippen LogP contribution in [0.1, 0.15) is 5.56 Å². The van der Waals surface area contributed by atoms with E-state index in [9.17, 15) is 4.79 Å². The second-order valence-corrected chi connectivity index (χ2v) is 5.08. The molecule has 0 aliphatic rings. The molecule has 2 aromatic carbocycles. The van der Waals surface area contributed by atoms with Crippen molar-refractivity contribution in [2.45, 2.75) is 6.92 Å². The number of hydrogen-bond acceptors (Lipinski definition) is 3. The van der Waals surface area contributed by atoms with Crippen LogP contribution >= 0.6 is 0 Å². The minimum atomic E-state index is -0.154. The molecule has 0 spiro atoms. The SMILES string of the molecule is Cc1ccc2nc(-c3cc4ccccc4o3)[nH]c(=O)c2c1. The molecule has 2 heterocycles. The molecule has 21 heavy (non-hydrogen) atoms. The van der Waals surface area contributed by atoms with Gasteiger partial charge in [-0.3, -0.25) is 4.79 Å². The molecule has 0 atom stereocenters. The number of H-pyrrole nitrogens is 1. The summed E-state index contributed by atoms with van der Waals surface area (Å²) >= 11 is 0. The van der Waals surface area contributed by atoms with Crippen molar-refractivity contribution in [2.24, 2.45) is 0 Å². The van der Waals surface area contributed by atoms with Crippen molar-refractivity contribution in [2.75, 3.05) is 0 Å². The molecule has 0 aliphatic carbocycles. The molecule has 2 aromatic heterocycles. The molecule has 0 saturated carbocycles. The Kier molecular flexibility index (Phi) is 2.44. The minimum absolute atomic E-state index is 0.154. The van der Waals surface area contributed by atoms with Gasteiger partial charge in [-0.25, -0.2) is 4.98 Å². The summed E-state index contributed by atoms with van der Waals surface area (Å²) in [5, 5.41) is 1.58. The molecule has 0 saturated heterocycles. The molecule has 4 rings (SSSR count). The van der Waals surface area contributed by atoms with Gasteiger partial charge in [-0.2, -0.15) is 0 Å². The molecule has 1 N–H and O–H groups in total. The molecule has 4 heteroatoms. The van der Waals surface area contributed by atoms with E-state index in [1.165, 1.54) is 0 Å². The van der Waals surface area contributed by atoms with Gasteiger partial charge in [0.05, 0.1) is 10.9 Å². The van der Waals surface area contributed by atoms with Gasteiger partial charge in [0.15, 0.2) is 11.6 Å². The largest absolute Gasteiger partial charge is 0.453 e. The summed E-state index contributed by atoms with van der Waals surface area (Å²) in [7, 11) is 0. The highest BCUT2D eigenvalue weighted by molar-refractivity contribution is 5.83. The Morgan fingerprint density at radius 3 is 2.81 bits per heavy atom. The third-order valence-electron chi connectivity index (χ3n) is 3.52. The number of nitrogens with one attached hydrogen (secondary N) is 1. The molecule has 4 nitrogen and oxygen atoms in total. The zero-order chi connectivity index (χ0) is 14.4. The van der Waals surface area contributed by atoms with E-state index in [1.54, 1.807) is 0 Å². The van der Waals surface area contributed by atoms with Crippen LogP contribution in [0.5, 0.6) is 0 Å². The lowest BCUT2D eigenvalue weighted by Gasteiger charge is -2.01. The van der Waals surface area contributed by atoms with Gasteiger partial charge in [0.25, 0.3) is 5.56 Å². The van der Waals surface area contributed by atoms with Crippen molar-refractivity contribution < 1.29 is 4.42 Å². The predicted octanol–water partition coefficient (Wildman–Crippen LogP) is 3.64. The van der Waals surface area contributed by atoms with Crippen LogP contribution < -0.4 is 5.56 Å². The summed E-state index contributed by atoms with van der Waals surface area (Å²) in [6.07, 6.45) is 0. The summed E-state index contributed by atoms with van der Waals surface area (Å²) in [4.78, 5) is 19.5. The van der Waals surface area contributed by atoms with Crippen LogP contribution in [0.3, 0.4) is 0 Å². The molecular formula is C17H12N2O2. The maximum atomic E-state index is 12.2. The van der Waals surface area contributed by atoms with E-state index in [2.05, 4.69) is 9.97 Å². The average Bonchev–Trinajstić information content (AvgIpc) is 2.92. The Morgan fingerprint density at radius 2 is 1.95 bits per heavy atom. The summed E-state index contributed by atoms with van der Waals surface area (Å²) in [5.41, 5.74) is 2.32. The molecule has 102 valence electrons. The van der Waals surface area contributed by atoms with Gasteiger partial charge in [0.2, 0.25) is 0 Å². The Morgan fingerprint density at radius 1 is 1.10 bits per heavy atom. The van der Waals surface area contributed by atoms with Crippen molar-refractivity contribution in [1.82, 2.24) is 9.97 Å². The molecule has 0 amide bonds. The highest BCUT2D eigenvalue weighted by Crippen LogP contribution is 2.25. The van der Waals surface area contributed by atoms with Crippen LogP contribution in [0.15, 0.2) is 57.7 Å². The summed E-state index contributed by atoms with van der Waals surface area (Å²) in [5.74, 6) is 1.02. The average molecular weight is 276 g/mol. The predicted molar refractivity (Wildman–Crippen MR) is 82.3 cm³/mol. The number of nitrogens with zero attached hydrogens (tertiary/aromatic N) is 1. The number of aromatic nitrogens is 2. The van der Waals surface area contributed by atoms with Crippen molar-refractivity contribution in [3.05, 3.63) is 64.4 Å². The van der Waals surface area contributed by atoms with Gasteiger partial charge in [0, 0.05) is 5.39 Å². The van der Waals surface area contributed by atoms with Crippen LogP contribution in [-0.4, -0.2) is 9.97 Å². The molecule has 0 bridgehead atoms. The van der Waals surface area contributed by atoms with Crippen molar-refractivity contribution >= 4 is 21.9 Å². The van der Waals surface area contributed by atoms with Crippen molar-refractivity contribution in [3.63, 3.8) is 0 Å². The Labute approximate surface area is 120 Å². The van der Waals surface area contributed by atoms with Crippen LogP contribution in [0.2, 0.25) is 0 Å². The van der Waals surface area contributed by atoms with Gasteiger partial charge in [-0.15, -0.1) is 0 Å². The Hall–Kier alpha value is -2.88. The van der Waals surface area contributed by atoms with Gasteiger partial charge in [0.1, 0.15) is 5.58 Å². The second-order valence-electron chi connectivity index (χ2n) is 5.08. The number of para-hydroxylation sites is 1. The smallest absolute Gasteiger partial charge is 0.259 e.